The zero-order valence-corrected chi connectivity index (χ0v) is 15.6. The number of methoxy groups -OCH3 is 1. The van der Waals surface area contributed by atoms with E-state index in [4.69, 9.17) is 14.2 Å². The van der Waals surface area contributed by atoms with Crippen LogP contribution >= 0.6 is 0 Å². The lowest BCUT2D eigenvalue weighted by atomic mass is 10.1. The third-order valence-corrected chi connectivity index (χ3v) is 3.92. The Morgan fingerprint density at radius 3 is 2.57 bits per heavy atom. The van der Waals surface area contributed by atoms with Crippen molar-refractivity contribution in [3.8, 4) is 17.4 Å². The number of amides is 1. The number of nitrogens with one attached hydrogen (secondary N) is 1. The van der Waals surface area contributed by atoms with Crippen LogP contribution in [0.25, 0.3) is 0 Å². The van der Waals surface area contributed by atoms with Crippen LogP contribution < -0.4 is 14.8 Å². The lowest BCUT2D eigenvalue weighted by Crippen LogP contribution is -2.24. The first-order valence-electron chi connectivity index (χ1n) is 8.93. The maximum absolute atomic E-state index is 12.7. The topological polar surface area (TPSA) is 69.7 Å². The van der Waals surface area contributed by atoms with Crippen LogP contribution in [0.1, 0.15) is 15.9 Å². The molecule has 0 aliphatic carbocycles. The SMILES string of the molecule is COCCOc1ncccc1CNC(=O)c1ccccc1Oc1ccccc1. The molecule has 3 aromatic rings. The second kappa shape index (κ2) is 10.1. The number of rotatable bonds is 9. The Kier molecular flexibility index (Phi) is 6.98. The Balaban J connectivity index is 1.68. The maximum Gasteiger partial charge on any atom is 0.255 e. The average Bonchev–Trinajstić information content (AvgIpc) is 2.74. The number of benzene rings is 2. The summed E-state index contributed by atoms with van der Waals surface area (Å²) in [7, 11) is 1.61. The molecule has 28 heavy (non-hydrogen) atoms. The lowest BCUT2D eigenvalue weighted by Gasteiger charge is -2.13. The first-order valence-corrected chi connectivity index (χ1v) is 8.93. The number of hydrogen-bond acceptors (Lipinski definition) is 5. The molecule has 6 heteroatoms. The number of hydrogen-bond donors (Lipinski definition) is 1. The summed E-state index contributed by atoms with van der Waals surface area (Å²) in [6.45, 7) is 1.14. The van der Waals surface area contributed by atoms with Gasteiger partial charge in [-0.2, -0.15) is 0 Å². The van der Waals surface area contributed by atoms with Gasteiger partial charge in [0.15, 0.2) is 0 Å². The Hall–Kier alpha value is -3.38. The molecule has 0 saturated carbocycles. The molecule has 1 heterocycles. The van der Waals surface area contributed by atoms with Crippen LogP contribution in [0, 0.1) is 0 Å². The normalized spacial score (nSPS) is 10.3. The zero-order chi connectivity index (χ0) is 19.6. The number of carbonyl (C=O) groups is 1. The highest BCUT2D eigenvalue weighted by molar-refractivity contribution is 5.97. The molecule has 6 nitrogen and oxygen atoms in total. The summed E-state index contributed by atoms with van der Waals surface area (Å²) in [5.41, 5.74) is 1.24. The van der Waals surface area contributed by atoms with Gasteiger partial charge in [0.2, 0.25) is 5.88 Å². The molecule has 0 bridgehead atoms. The van der Waals surface area contributed by atoms with Crippen LogP contribution in [0.15, 0.2) is 72.9 Å². The highest BCUT2D eigenvalue weighted by Gasteiger charge is 2.14. The van der Waals surface area contributed by atoms with Gasteiger partial charge in [-0.1, -0.05) is 36.4 Å². The largest absolute Gasteiger partial charge is 0.475 e. The van der Waals surface area contributed by atoms with Gasteiger partial charge in [0.05, 0.1) is 12.2 Å². The Morgan fingerprint density at radius 1 is 0.964 bits per heavy atom. The maximum atomic E-state index is 12.7. The molecule has 0 radical (unpaired) electrons. The molecule has 1 amide bonds. The van der Waals surface area contributed by atoms with E-state index in [0.717, 1.165) is 5.56 Å². The summed E-state index contributed by atoms with van der Waals surface area (Å²) in [4.78, 5) is 16.9. The molecule has 0 aliphatic rings. The number of nitrogens with zero attached hydrogens (tertiary/aromatic N) is 1. The van der Waals surface area contributed by atoms with Crippen LogP contribution in [-0.4, -0.2) is 31.2 Å². The Bertz CT molecular complexity index is 900. The van der Waals surface area contributed by atoms with Crippen molar-refractivity contribution in [2.75, 3.05) is 20.3 Å². The second-order valence-electron chi connectivity index (χ2n) is 5.90. The van der Waals surface area contributed by atoms with Crippen molar-refractivity contribution in [3.05, 3.63) is 84.1 Å². The molecular weight excluding hydrogens is 356 g/mol. The molecule has 1 aromatic heterocycles. The monoisotopic (exact) mass is 378 g/mol. The van der Waals surface area contributed by atoms with Gasteiger partial charge in [0.1, 0.15) is 18.1 Å². The van der Waals surface area contributed by atoms with Crippen LogP contribution in [0.5, 0.6) is 17.4 Å². The van der Waals surface area contributed by atoms with Gasteiger partial charge in [-0.25, -0.2) is 4.98 Å². The molecule has 144 valence electrons. The van der Waals surface area contributed by atoms with Crippen molar-refractivity contribution in [1.82, 2.24) is 10.3 Å². The molecule has 0 saturated heterocycles. The molecular formula is C22H22N2O4. The van der Waals surface area contributed by atoms with Gasteiger partial charge < -0.3 is 19.5 Å². The number of ether oxygens (including phenoxy) is 3. The third-order valence-electron chi connectivity index (χ3n) is 3.92. The van der Waals surface area contributed by atoms with Crippen molar-refractivity contribution in [1.29, 1.82) is 0 Å². The summed E-state index contributed by atoms with van der Waals surface area (Å²) in [6, 6.07) is 20.1. The van der Waals surface area contributed by atoms with E-state index in [1.54, 1.807) is 37.6 Å². The molecule has 3 rings (SSSR count). The van der Waals surface area contributed by atoms with E-state index in [-0.39, 0.29) is 12.5 Å². The quantitative estimate of drug-likeness (QED) is 0.573. The van der Waals surface area contributed by atoms with E-state index < -0.39 is 0 Å². The van der Waals surface area contributed by atoms with Gasteiger partial charge in [0, 0.05) is 25.4 Å². The van der Waals surface area contributed by atoms with E-state index in [1.807, 2.05) is 42.5 Å². The predicted octanol–water partition coefficient (Wildman–Crippen LogP) is 3.83. The smallest absolute Gasteiger partial charge is 0.255 e. The minimum Gasteiger partial charge on any atom is -0.475 e. The minimum absolute atomic E-state index is 0.238. The van der Waals surface area contributed by atoms with Crippen molar-refractivity contribution < 1.29 is 19.0 Å². The molecule has 1 N–H and O–H groups in total. The summed E-state index contributed by atoms with van der Waals surface area (Å²) in [5, 5.41) is 2.90. The molecule has 0 unspecified atom stereocenters. The number of pyridine rings is 1. The van der Waals surface area contributed by atoms with E-state index in [1.165, 1.54) is 0 Å². The first kappa shape index (κ1) is 19.4. The molecule has 0 spiro atoms. The van der Waals surface area contributed by atoms with Gasteiger partial charge in [0.25, 0.3) is 5.91 Å². The highest BCUT2D eigenvalue weighted by atomic mass is 16.5. The molecule has 0 atom stereocenters. The van der Waals surface area contributed by atoms with Crippen LogP contribution in [0.3, 0.4) is 0 Å². The summed E-state index contributed by atoms with van der Waals surface area (Å²) in [6.07, 6.45) is 1.65. The summed E-state index contributed by atoms with van der Waals surface area (Å²) >= 11 is 0. The number of para-hydroxylation sites is 2. The number of carbonyl (C=O) groups excluding carboxylic acids is 1. The van der Waals surface area contributed by atoms with Crippen LogP contribution in [0.2, 0.25) is 0 Å². The fraction of sp³-hybridized carbons (Fsp3) is 0.182. The van der Waals surface area contributed by atoms with E-state index >= 15 is 0 Å². The van der Waals surface area contributed by atoms with E-state index in [9.17, 15) is 4.79 Å². The Labute approximate surface area is 164 Å². The minimum atomic E-state index is -0.238. The standard InChI is InChI=1S/C22H22N2O4/c1-26-14-15-27-22-17(8-7-13-23-22)16-24-21(25)19-11-5-6-12-20(19)28-18-9-3-2-4-10-18/h2-13H,14-16H2,1H3,(H,24,25). The van der Waals surface area contributed by atoms with Crippen LogP contribution in [-0.2, 0) is 11.3 Å². The van der Waals surface area contributed by atoms with Crippen molar-refractivity contribution in [2.45, 2.75) is 6.54 Å². The fourth-order valence-electron chi connectivity index (χ4n) is 2.54. The molecule has 0 fully saturated rings. The fourth-order valence-corrected chi connectivity index (χ4v) is 2.54. The van der Waals surface area contributed by atoms with Crippen LogP contribution in [0.4, 0.5) is 0 Å². The zero-order valence-electron chi connectivity index (χ0n) is 15.6. The predicted molar refractivity (Wildman–Crippen MR) is 106 cm³/mol. The van der Waals surface area contributed by atoms with Gasteiger partial charge >= 0.3 is 0 Å². The lowest BCUT2D eigenvalue weighted by molar-refractivity contribution is 0.0948. The summed E-state index contributed by atoms with van der Waals surface area (Å²) in [5.74, 6) is 1.41. The second-order valence-corrected chi connectivity index (χ2v) is 5.90. The molecule has 2 aromatic carbocycles. The van der Waals surface area contributed by atoms with Gasteiger partial charge in [-0.3, -0.25) is 4.79 Å². The van der Waals surface area contributed by atoms with E-state index in [0.29, 0.717) is 36.2 Å². The van der Waals surface area contributed by atoms with E-state index in [2.05, 4.69) is 10.3 Å². The van der Waals surface area contributed by atoms with Crippen molar-refractivity contribution in [2.24, 2.45) is 0 Å². The van der Waals surface area contributed by atoms with Gasteiger partial charge in [-0.15, -0.1) is 0 Å². The summed E-state index contributed by atoms with van der Waals surface area (Å²) < 4.78 is 16.5. The molecule has 0 aliphatic heterocycles. The average molecular weight is 378 g/mol. The van der Waals surface area contributed by atoms with Gasteiger partial charge in [-0.05, 0) is 30.3 Å². The number of aromatic nitrogens is 1. The van der Waals surface area contributed by atoms with Crippen molar-refractivity contribution >= 4 is 5.91 Å². The Morgan fingerprint density at radius 2 is 1.75 bits per heavy atom. The highest BCUT2D eigenvalue weighted by Crippen LogP contribution is 2.25. The van der Waals surface area contributed by atoms with Crippen molar-refractivity contribution in [3.63, 3.8) is 0 Å². The first-order chi connectivity index (χ1) is 13.8. The third kappa shape index (κ3) is 5.31.